The summed E-state index contributed by atoms with van der Waals surface area (Å²) in [4.78, 5) is 15.8. The second kappa shape index (κ2) is 5.42. The van der Waals surface area contributed by atoms with E-state index < -0.39 is 15.9 Å². The van der Waals surface area contributed by atoms with Crippen LogP contribution in [0.25, 0.3) is 0 Å². The van der Waals surface area contributed by atoms with Crippen LogP contribution in [0.3, 0.4) is 0 Å². The lowest BCUT2D eigenvalue weighted by Crippen LogP contribution is -2.31. The van der Waals surface area contributed by atoms with E-state index in [4.69, 9.17) is 0 Å². The topological polar surface area (TPSA) is 76.1 Å². The van der Waals surface area contributed by atoms with E-state index in [1.54, 1.807) is 13.8 Å². The molecule has 1 heterocycles. The van der Waals surface area contributed by atoms with E-state index in [9.17, 15) is 13.2 Å². The minimum absolute atomic E-state index is 0.125. The highest BCUT2D eigenvalue weighted by molar-refractivity contribution is 7.92. The Bertz CT molecular complexity index is 617. The monoisotopic (exact) mass is 300 g/mol. The molecule has 0 unspecified atom stereocenters. The molecular weight excluding hydrogens is 284 g/mol. The molecule has 2 rings (SSSR count). The van der Waals surface area contributed by atoms with Crippen LogP contribution in [-0.2, 0) is 14.8 Å². The first-order valence-corrected chi connectivity index (χ1v) is 8.35. The zero-order valence-corrected chi connectivity index (χ0v) is 12.5. The predicted molar refractivity (Wildman–Crippen MR) is 73.4 cm³/mol. The van der Waals surface area contributed by atoms with Crippen LogP contribution in [-0.4, -0.2) is 19.3 Å². The first-order chi connectivity index (χ1) is 8.88. The van der Waals surface area contributed by atoms with Gasteiger partial charge in [0.05, 0.1) is 10.7 Å². The number of carbonyl (C=O) groups is 1. The fourth-order valence-electron chi connectivity index (χ4n) is 2.10. The van der Waals surface area contributed by atoms with Crippen LogP contribution >= 0.6 is 11.3 Å². The molecule has 0 saturated carbocycles. The zero-order chi connectivity index (χ0) is 14.0. The van der Waals surface area contributed by atoms with Crippen molar-refractivity contribution in [3.63, 3.8) is 0 Å². The van der Waals surface area contributed by atoms with Crippen molar-refractivity contribution in [3.05, 3.63) is 22.9 Å². The zero-order valence-electron chi connectivity index (χ0n) is 10.8. The van der Waals surface area contributed by atoms with Crippen molar-refractivity contribution < 1.29 is 13.2 Å². The van der Waals surface area contributed by atoms with Crippen LogP contribution in [0.15, 0.2) is 16.4 Å². The van der Waals surface area contributed by atoms with Crippen LogP contribution < -0.4 is 4.72 Å². The molecule has 1 atom stereocenters. The molecule has 104 valence electrons. The molecule has 1 aromatic rings. The van der Waals surface area contributed by atoms with Gasteiger partial charge in [-0.1, -0.05) is 12.2 Å². The number of nitrogens with one attached hydrogen (secondary N) is 1. The minimum Gasteiger partial charge on any atom is -0.274 e. The van der Waals surface area contributed by atoms with Gasteiger partial charge in [0.1, 0.15) is 0 Å². The largest absolute Gasteiger partial charge is 0.275 e. The highest BCUT2D eigenvalue weighted by atomic mass is 32.2. The molecule has 1 aromatic heterocycles. The van der Waals surface area contributed by atoms with Gasteiger partial charge in [0.25, 0.3) is 10.0 Å². The van der Waals surface area contributed by atoms with Gasteiger partial charge in [-0.15, -0.1) is 11.3 Å². The molecule has 0 fully saturated rings. The van der Waals surface area contributed by atoms with Gasteiger partial charge in [0.2, 0.25) is 5.91 Å². The Hall–Kier alpha value is -1.21. The van der Waals surface area contributed by atoms with Crippen LogP contribution in [0.4, 0.5) is 0 Å². The number of amides is 1. The lowest BCUT2D eigenvalue weighted by molar-refractivity contribution is -0.119. The number of carbonyl (C=O) groups excluding carboxylic acids is 1. The van der Waals surface area contributed by atoms with Gasteiger partial charge in [-0.05, 0) is 32.6 Å². The maximum absolute atomic E-state index is 12.1. The smallest absolute Gasteiger partial charge is 0.274 e. The Labute approximate surface area is 116 Å². The van der Waals surface area contributed by atoms with Crippen molar-refractivity contribution >= 4 is 27.3 Å². The summed E-state index contributed by atoms with van der Waals surface area (Å²) < 4.78 is 26.4. The summed E-state index contributed by atoms with van der Waals surface area (Å²) in [5.74, 6) is -0.304. The first kappa shape index (κ1) is 14.2. The molecule has 5 nitrogen and oxygen atoms in total. The number of allylic oxidation sites excluding steroid dienone is 2. The second-order valence-corrected chi connectivity index (χ2v) is 7.68. The van der Waals surface area contributed by atoms with Crippen LogP contribution in [0.5, 0.6) is 0 Å². The lowest BCUT2D eigenvalue weighted by atomic mass is 10.1. The average molecular weight is 300 g/mol. The maximum Gasteiger partial charge on any atom is 0.275 e. The highest BCUT2D eigenvalue weighted by Gasteiger charge is 2.24. The van der Waals surface area contributed by atoms with E-state index in [1.807, 2.05) is 12.2 Å². The van der Waals surface area contributed by atoms with Crippen LogP contribution in [0.2, 0.25) is 0 Å². The molecular formula is C12H16N2O3S2. The standard InChI is InChI=1S/C12H16N2O3S2/c1-8-12(18-9(2)13-8)19(16,17)14-11(15)7-10-5-3-4-6-10/h3,5,10H,4,6-7H2,1-2H3,(H,14,15)/t10-/m1/s1. The summed E-state index contributed by atoms with van der Waals surface area (Å²) in [6.07, 6.45) is 6.06. The predicted octanol–water partition coefficient (Wildman–Crippen LogP) is 1.92. The molecule has 1 aliphatic rings. The Morgan fingerprint density at radius 3 is 2.79 bits per heavy atom. The normalized spacial score (nSPS) is 18.7. The SMILES string of the molecule is Cc1nc(C)c(S(=O)(=O)NC(=O)C[C@@H]2C=CCC2)s1. The first-order valence-electron chi connectivity index (χ1n) is 6.05. The fraction of sp³-hybridized carbons (Fsp3) is 0.500. The summed E-state index contributed by atoms with van der Waals surface area (Å²) in [5, 5.41) is 0.670. The number of thiazole rings is 1. The quantitative estimate of drug-likeness (QED) is 0.862. The molecule has 0 aromatic carbocycles. The molecule has 1 amide bonds. The summed E-state index contributed by atoms with van der Waals surface area (Å²) in [6, 6.07) is 0. The van der Waals surface area contributed by atoms with Gasteiger partial charge >= 0.3 is 0 Å². The highest BCUT2D eigenvalue weighted by Crippen LogP contribution is 2.24. The number of hydrogen-bond donors (Lipinski definition) is 1. The fourth-order valence-corrected chi connectivity index (χ4v) is 4.58. The number of hydrogen-bond acceptors (Lipinski definition) is 5. The molecule has 1 N–H and O–H groups in total. The third-order valence-electron chi connectivity index (χ3n) is 2.91. The number of aromatic nitrogens is 1. The van der Waals surface area contributed by atoms with Crippen molar-refractivity contribution in [1.82, 2.24) is 9.71 Å². The van der Waals surface area contributed by atoms with Gasteiger partial charge in [-0.25, -0.2) is 18.1 Å². The number of sulfonamides is 1. The van der Waals surface area contributed by atoms with Crippen molar-refractivity contribution in [3.8, 4) is 0 Å². The van der Waals surface area contributed by atoms with Crippen molar-refractivity contribution in [2.45, 2.75) is 37.3 Å². The van der Waals surface area contributed by atoms with Gasteiger partial charge in [-0.3, -0.25) is 4.79 Å². The van der Waals surface area contributed by atoms with Gasteiger partial charge in [0, 0.05) is 6.42 Å². The third-order valence-corrected chi connectivity index (χ3v) is 5.97. The van der Waals surface area contributed by atoms with E-state index in [0.29, 0.717) is 10.7 Å². The van der Waals surface area contributed by atoms with Crippen LogP contribution in [0, 0.1) is 19.8 Å². The third kappa shape index (κ3) is 3.42. The van der Waals surface area contributed by atoms with Crippen molar-refractivity contribution in [1.29, 1.82) is 0 Å². The molecule has 0 spiro atoms. The van der Waals surface area contributed by atoms with Gasteiger partial charge in [0.15, 0.2) is 4.21 Å². The molecule has 0 radical (unpaired) electrons. The van der Waals surface area contributed by atoms with E-state index in [2.05, 4.69) is 9.71 Å². The van der Waals surface area contributed by atoms with E-state index in [-0.39, 0.29) is 16.5 Å². The Kier molecular flexibility index (Phi) is 4.05. The molecule has 1 aliphatic carbocycles. The van der Waals surface area contributed by atoms with Crippen molar-refractivity contribution in [2.24, 2.45) is 5.92 Å². The Morgan fingerprint density at radius 1 is 1.53 bits per heavy atom. The summed E-state index contributed by atoms with van der Waals surface area (Å²) in [7, 11) is -3.78. The Balaban J connectivity index is 2.06. The number of nitrogens with zero attached hydrogens (tertiary/aromatic N) is 1. The second-order valence-electron chi connectivity index (χ2n) is 4.60. The lowest BCUT2D eigenvalue weighted by Gasteiger charge is -2.08. The average Bonchev–Trinajstić information content (AvgIpc) is 2.87. The molecule has 7 heteroatoms. The van der Waals surface area contributed by atoms with E-state index >= 15 is 0 Å². The molecule has 0 aliphatic heterocycles. The van der Waals surface area contributed by atoms with E-state index in [1.165, 1.54) is 0 Å². The summed E-state index contributed by atoms with van der Waals surface area (Å²) in [5.41, 5.74) is 0.434. The molecule has 0 saturated heterocycles. The van der Waals surface area contributed by atoms with Gasteiger partial charge < -0.3 is 0 Å². The van der Waals surface area contributed by atoms with Crippen LogP contribution in [0.1, 0.15) is 30.0 Å². The number of rotatable bonds is 4. The van der Waals surface area contributed by atoms with Crippen molar-refractivity contribution in [2.75, 3.05) is 0 Å². The van der Waals surface area contributed by atoms with E-state index in [0.717, 1.165) is 24.2 Å². The summed E-state index contributed by atoms with van der Waals surface area (Å²) >= 11 is 1.08. The summed E-state index contributed by atoms with van der Waals surface area (Å²) in [6.45, 7) is 3.37. The molecule has 19 heavy (non-hydrogen) atoms. The number of aryl methyl sites for hydroxylation is 2. The Morgan fingerprint density at radius 2 is 2.26 bits per heavy atom. The van der Waals surface area contributed by atoms with Gasteiger partial charge in [-0.2, -0.15) is 0 Å². The molecule has 0 bridgehead atoms. The minimum atomic E-state index is -3.78. The maximum atomic E-state index is 12.1.